The van der Waals surface area contributed by atoms with Gasteiger partial charge in [-0.15, -0.1) is 0 Å². The van der Waals surface area contributed by atoms with E-state index in [1.807, 2.05) is 0 Å². The number of carbonyl (C=O) groups excluding carboxylic acids is 1. The Bertz CT molecular complexity index is 419. The van der Waals surface area contributed by atoms with E-state index in [0.29, 0.717) is 0 Å². The molecule has 7 heteroatoms. The highest BCUT2D eigenvalue weighted by atomic mass is 19.4. The van der Waals surface area contributed by atoms with Crippen molar-refractivity contribution in [3.8, 4) is 0 Å². The highest BCUT2D eigenvalue weighted by Crippen LogP contribution is 2.27. The van der Waals surface area contributed by atoms with Crippen molar-refractivity contribution in [3.05, 3.63) is 17.5 Å². The average Bonchev–Trinajstić information content (AvgIpc) is 2.59. The molecule has 0 saturated heterocycles. The first-order valence-corrected chi connectivity index (χ1v) is 5.41. The van der Waals surface area contributed by atoms with Gasteiger partial charge in [0.15, 0.2) is 5.69 Å². The lowest BCUT2D eigenvalue weighted by atomic mass is 10.2. The number of ether oxygens (including phenoxy) is 1. The van der Waals surface area contributed by atoms with Crippen LogP contribution in [-0.4, -0.2) is 21.8 Å². The monoisotopic (exact) mass is 264 g/mol. The summed E-state index contributed by atoms with van der Waals surface area (Å²) in [5, 5.41) is 5.39. The molecular formula is C11H15F3N2O2. The number of halogens is 3. The van der Waals surface area contributed by atoms with Crippen LogP contribution in [0.25, 0.3) is 0 Å². The van der Waals surface area contributed by atoms with E-state index < -0.39 is 23.4 Å². The van der Waals surface area contributed by atoms with E-state index in [-0.39, 0.29) is 18.5 Å². The number of nitrogens with zero attached hydrogens (tertiary/aromatic N) is 1. The van der Waals surface area contributed by atoms with E-state index >= 15 is 0 Å². The van der Waals surface area contributed by atoms with Crippen molar-refractivity contribution in [2.24, 2.45) is 0 Å². The van der Waals surface area contributed by atoms with Crippen LogP contribution in [0.1, 0.15) is 38.6 Å². The number of nitrogens with one attached hydrogen (secondary N) is 1. The van der Waals surface area contributed by atoms with Gasteiger partial charge in [0.1, 0.15) is 5.60 Å². The molecule has 102 valence electrons. The molecule has 0 aliphatic heterocycles. The summed E-state index contributed by atoms with van der Waals surface area (Å²) in [6.45, 7) is 5.18. The Hall–Kier alpha value is -1.53. The van der Waals surface area contributed by atoms with Gasteiger partial charge in [0.2, 0.25) is 0 Å². The van der Waals surface area contributed by atoms with Gasteiger partial charge in [0, 0.05) is 5.69 Å². The highest BCUT2D eigenvalue weighted by molar-refractivity contribution is 5.70. The SMILES string of the molecule is CC(C)(C)OC(=O)CCc1cc(C(F)(F)F)n[nH]1. The van der Waals surface area contributed by atoms with Gasteiger partial charge >= 0.3 is 12.1 Å². The van der Waals surface area contributed by atoms with Crippen molar-refractivity contribution < 1.29 is 22.7 Å². The van der Waals surface area contributed by atoms with E-state index in [0.717, 1.165) is 6.07 Å². The Kier molecular flexibility index (Phi) is 4.03. The van der Waals surface area contributed by atoms with Crippen molar-refractivity contribution in [2.75, 3.05) is 0 Å². The van der Waals surface area contributed by atoms with Gasteiger partial charge < -0.3 is 4.74 Å². The second-order valence-electron chi connectivity index (χ2n) is 4.86. The zero-order chi connectivity index (χ0) is 14.0. The lowest BCUT2D eigenvalue weighted by Gasteiger charge is -2.19. The van der Waals surface area contributed by atoms with Crippen LogP contribution in [-0.2, 0) is 22.1 Å². The smallest absolute Gasteiger partial charge is 0.435 e. The zero-order valence-corrected chi connectivity index (χ0v) is 10.4. The summed E-state index contributed by atoms with van der Waals surface area (Å²) in [6, 6.07) is 0.893. The number of aromatic amines is 1. The average molecular weight is 264 g/mol. The molecule has 0 bridgehead atoms. The van der Waals surface area contributed by atoms with E-state index in [1.54, 1.807) is 20.8 Å². The van der Waals surface area contributed by atoms with Crippen LogP contribution in [0.3, 0.4) is 0 Å². The van der Waals surface area contributed by atoms with E-state index in [9.17, 15) is 18.0 Å². The highest BCUT2D eigenvalue weighted by Gasteiger charge is 2.33. The molecule has 1 rings (SSSR count). The molecule has 0 aliphatic rings. The minimum absolute atomic E-state index is 0.0107. The molecule has 0 atom stereocenters. The number of aromatic nitrogens is 2. The Labute approximate surface area is 103 Å². The van der Waals surface area contributed by atoms with Crippen molar-refractivity contribution >= 4 is 5.97 Å². The van der Waals surface area contributed by atoms with Gasteiger partial charge in [0.05, 0.1) is 6.42 Å². The van der Waals surface area contributed by atoms with Crippen LogP contribution >= 0.6 is 0 Å². The normalized spacial score (nSPS) is 12.6. The Morgan fingerprint density at radius 2 is 2.00 bits per heavy atom. The Morgan fingerprint density at radius 1 is 1.39 bits per heavy atom. The molecule has 1 N–H and O–H groups in total. The predicted molar refractivity (Wildman–Crippen MR) is 57.8 cm³/mol. The molecule has 4 nitrogen and oxygen atoms in total. The third-order valence-corrected chi connectivity index (χ3v) is 1.94. The molecule has 1 aromatic rings. The fraction of sp³-hybridized carbons (Fsp3) is 0.636. The maximum atomic E-state index is 12.2. The number of esters is 1. The maximum absolute atomic E-state index is 12.2. The summed E-state index contributed by atoms with van der Waals surface area (Å²) in [5.41, 5.74) is -1.32. The van der Waals surface area contributed by atoms with E-state index in [1.165, 1.54) is 0 Å². The molecule has 0 amide bonds. The number of aryl methyl sites for hydroxylation is 1. The van der Waals surface area contributed by atoms with Gasteiger partial charge in [-0.05, 0) is 33.3 Å². The molecule has 1 heterocycles. The summed E-state index contributed by atoms with van der Waals surface area (Å²) in [7, 11) is 0. The number of hydrogen-bond donors (Lipinski definition) is 1. The number of carbonyl (C=O) groups is 1. The van der Waals surface area contributed by atoms with Gasteiger partial charge in [-0.3, -0.25) is 9.89 Å². The quantitative estimate of drug-likeness (QED) is 0.854. The van der Waals surface area contributed by atoms with Crippen molar-refractivity contribution in [2.45, 2.75) is 45.4 Å². The number of hydrogen-bond acceptors (Lipinski definition) is 3. The molecule has 0 spiro atoms. The van der Waals surface area contributed by atoms with Crippen LogP contribution in [0.4, 0.5) is 13.2 Å². The molecule has 0 fully saturated rings. The predicted octanol–water partition coefficient (Wildman–Crippen LogP) is 2.70. The third kappa shape index (κ3) is 4.77. The summed E-state index contributed by atoms with van der Waals surface area (Å²) in [5.74, 6) is -0.453. The second kappa shape index (κ2) is 4.99. The van der Waals surface area contributed by atoms with Crippen LogP contribution in [0.5, 0.6) is 0 Å². The molecule has 0 aliphatic carbocycles. The molecule has 0 unspecified atom stereocenters. The second-order valence-corrected chi connectivity index (χ2v) is 4.86. The zero-order valence-electron chi connectivity index (χ0n) is 10.4. The van der Waals surface area contributed by atoms with Crippen LogP contribution in [0.2, 0.25) is 0 Å². The van der Waals surface area contributed by atoms with E-state index in [4.69, 9.17) is 4.74 Å². The minimum Gasteiger partial charge on any atom is -0.460 e. The van der Waals surface area contributed by atoms with Crippen LogP contribution < -0.4 is 0 Å². The van der Waals surface area contributed by atoms with Gasteiger partial charge in [-0.1, -0.05) is 0 Å². The first kappa shape index (κ1) is 14.5. The Balaban J connectivity index is 2.50. The van der Waals surface area contributed by atoms with Gasteiger partial charge in [-0.25, -0.2) is 0 Å². The topological polar surface area (TPSA) is 55.0 Å². The van der Waals surface area contributed by atoms with E-state index in [2.05, 4.69) is 10.2 Å². The number of H-pyrrole nitrogens is 1. The fourth-order valence-electron chi connectivity index (χ4n) is 1.26. The third-order valence-electron chi connectivity index (χ3n) is 1.94. The van der Waals surface area contributed by atoms with Crippen molar-refractivity contribution in [3.63, 3.8) is 0 Å². The van der Waals surface area contributed by atoms with Gasteiger partial charge in [0.25, 0.3) is 0 Å². The molecule has 0 aromatic carbocycles. The molecule has 0 radical (unpaired) electrons. The first-order chi connectivity index (χ1) is 8.08. The lowest BCUT2D eigenvalue weighted by molar-refractivity contribution is -0.154. The summed E-state index contributed by atoms with van der Waals surface area (Å²) < 4.78 is 41.8. The summed E-state index contributed by atoms with van der Waals surface area (Å²) in [6.07, 6.45) is -4.32. The number of alkyl halides is 3. The molecular weight excluding hydrogens is 249 g/mol. The lowest BCUT2D eigenvalue weighted by Crippen LogP contribution is -2.24. The summed E-state index contributed by atoms with van der Waals surface area (Å²) in [4.78, 5) is 11.4. The molecule has 0 saturated carbocycles. The largest absolute Gasteiger partial charge is 0.460 e. The first-order valence-electron chi connectivity index (χ1n) is 5.41. The minimum atomic E-state index is -4.47. The van der Waals surface area contributed by atoms with Gasteiger partial charge in [-0.2, -0.15) is 18.3 Å². The standard InChI is InChI=1S/C11H15F3N2O2/c1-10(2,3)18-9(17)5-4-7-6-8(16-15-7)11(12,13)14/h6H,4-5H2,1-3H3,(H,15,16). The number of rotatable bonds is 3. The fourth-order valence-corrected chi connectivity index (χ4v) is 1.26. The van der Waals surface area contributed by atoms with Crippen LogP contribution in [0, 0.1) is 0 Å². The maximum Gasteiger partial charge on any atom is 0.435 e. The molecule has 1 aromatic heterocycles. The molecule has 18 heavy (non-hydrogen) atoms. The van der Waals surface area contributed by atoms with Crippen molar-refractivity contribution in [1.82, 2.24) is 10.2 Å². The van der Waals surface area contributed by atoms with Crippen LogP contribution in [0.15, 0.2) is 6.07 Å². The summed E-state index contributed by atoms with van der Waals surface area (Å²) >= 11 is 0. The Morgan fingerprint density at radius 3 is 2.44 bits per heavy atom. The van der Waals surface area contributed by atoms with Crippen molar-refractivity contribution in [1.29, 1.82) is 0 Å².